The molecule has 0 bridgehead atoms. The van der Waals surface area contributed by atoms with Crippen molar-refractivity contribution in [1.29, 1.82) is 0 Å². The molecule has 1 unspecified atom stereocenters. The molecule has 8 heteroatoms. The normalized spacial score (nSPS) is 16.6. The molecule has 1 aliphatic heterocycles. The van der Waals surface area contributed by atoms with E-state index in [4.69, 9.17) is 10.3 Å². The van der Waals surface area contributed by atoms with Crippen molar-refractivity contribution in [2.24, 2.45) is 5.73 Å². The highest BCUT2D eigenvalue weighted by Gasteiger charge is 2.34. The van der Waals surface area contributed by atoms with Crippen LogP contribution in [-0.2, 0) is 6.18 Å². The second kappa shape index (κ2) is 6.97. The fourth-order valence-electron chi connectivity index (χ4n) is 2.93. The Labute approximate surface area is 158 Å². The first-order valence-corrected chi connectivity index (χ1v) is 8.43. The molecule has 28 heavy (non-hydrogen) atoms. The summed E-state index contributed by atoms with van der Waals surface area (Å²) < 4.78 is 46.2. The lowest BCUT2D eigenvalue weighted by Gasteiger charge is -2.14. The van der Waals surface area contributed by atoms with Gasteiger partial charge in [-0.15, -0.1) is 0 Å². The van der Waals surface area contributed by atoms with Gasteiger partial charge in [0.25, 0.3) is 5.89 Å². The second-order valence-electron chi connectivity index (χ2n) is 6.20. The van der Waals surface area contributed by atoms with Crippen LogP contribution < -0.4 is 11.1 Å². The van der Waals surface area contributed by atoms with E-state index in [1.54, 1.807) is 48.7 Å². The number of nitrogens with zero attached hydrogens (tertiary/aromatic N) is 2. The van der Waals surface area contributed by atoms with Crippen LogP contribution in [0.25, 0.3) is 28.2 Å². The van der Waals surface area contributed by atoms with Gasteiger partial charge in [-0.2, -0.15) is 18.2 Å². The number of allylic oxidation sites excluding steroid dienone is 2. The number of rotatable bonds is 3. The molecule has 5 nitrogen and oxygen atoms in total. The Bertz CT molecular complexity index is 1050. The Morgan fingerprint density at radius 1 is 1.04 bits per heavy atom. The maximum Gasteiger partial charge on any atom is 0.417 e. The summed E-state index contributed by atoms with van der Waals surface area (Å²) in [4.78, 5) is 4.22. The molecule has 3 N–H and O–H groups in total. The van der Waals surface area contributed by atoms with Gasteiger partial charge in [-0.1, -0.05) is 41.6 Å². The molecule has 0 saturated heterocycles. The van der Waals surface area contributed by atoms with Gasteiger partial charge in [0.1, 0.15) is 0 Å². The molecule has 2 aromatic carbocycles. The zero-order valence-electron chi connectivity index (χ0n) is 14.4. The van der Waals surface area contributed by atoms with Gasteiger partial charge in [0.2, 0.25) is 5.82 Å². The van der Waals surface area contributed by atoms with Crippen molar-refractivity contribution in [2.75, 3.05) is 0 Å². The number of alkyl halides is 3. The van der Waals surface area contributed by atoms with Crippen molar-refractivity contribution in [2.45, 2.75) is 12.3 Å². The predicted molar refractivity (Wildman–Crippen MR) is 98.4 cm³/mol. The molecule has 0 saturated carbocycles. The Morgan fingerprint density at radius 2 is 1.82 bits per heavy atom. The van der Waals surface area contributed by atoms with Crippen LogP contribution >= 0.6 is 0 Å². The van der Waals surface area contributed by atoms with Crippen LogP contribution in [0.4, 0.5) is 13.2 Å². The molecule has 1 atom stereocenters. The average Bonchev–Trinajstić information content (AvgIpc) is 3.18. The minimum atomic E-state index is -4.53. The first kappa shape index (κ1) is 18.0. The van der Waals surface area contributed by atoms with Crippen LogP contribution in [-0.4, -0.2) is 16.3 Å². The van der Waals surface area contributed by atoms with Gasteiger partial charge in [0.05, 0.1) is 11.7 Å². The van der Waals surface area contributed by atoms with Crippen LogP contribution in [0, 0.1) is 0 Å². The van der Waals surface area contributed by atoms with E-state index >= 15 is 0 Å². The predicted octanol–water partition coefficient (Wildman–Crippen LogP) is 4.21. The van der Waals surface area contributed by atoms with E-state index < -0.39 is 17.9 Å². The average molecular weight is 384 g/mol. The van der Waals surface area contributed by atoms with E-state index in [0.29, 0.717) is 11.1 Å². The summed E-state index contributed by atoms with van der Waals surface area (Å²) >= 11 is 0. The molecule has 0 fully saturated rings. The van der Waals surface area contributed by atoms with E-state index in [9.17, 15) is 13.2 Å². The summed E-state index contributed by atoms with van der Waals surface area (Å²) in [7, 11) is 0. The van der Waals surface area contributed by atoms with Crippen LogP contribution in [0.15, 0.2) is 71.4 Å². The molecule has 142 valence electrons. The Kier molecular flexibility index (Phi) is 4.48. The number of dihydropyridines is 1. The van der Waals surface area contributed by atoms with Gasteiger partial charge in [0, 0.05) is 11.1 Å². The molecule has 2 heterocycles. The van der Waals surface area contributed by atoms with Crippen molar-refractivity contribution in [3.8, 4) is 22.6 Å². The first-order valence-electron chi connectivity index (χ1n) is 8.43. The summed E-state index contributed by atoms with van der Waals surface area (Å²) in [5, 5.41) is 6.73. The van der Waals surface area contributed by atoms with E-state index in [1.165, 1.54) is 12.1 Å². The van der Waals surface area contributed by atoms with Gasteiger partial charge in [-0.05, 0) is 41.6 Å². The first-order chi connectivity index (χ1) is 13.4. The fourth-order valence-corrected chi connectivity index (χ4v) is 2.93. The van der Waals surface area contributed by atoms with Gasteiger partial charge in [-0.3, -0.25) is 0 Å². The zero-order chi connectivity index (χ0) is 19.7. The molecule has 0 radical (unpaired) electrons. The largest absolute Gasteiger partial charge is 0.417 e. The topological polar surface area (TPSA) is 77.0 Å². The third-order valence-corrected chi connectivity index (χ3v) is 4.25. The lowest BCUT2D eigenvalue weighted by atomic mass is 9.97. The third kappa shape index (κ3) is 3.54. The van der Waals surface area contributed by atoms with Crippen LogP contribution in [0.1, 0.15) is 11.4 Å². The van der Waals surface area contributed by atoms with E-state index in [2.05, 4.69) is 15.5 Å². The summed E-state index contributed by atoms with van der Waals surface area (Å²) in [6.45, 7) is 0. The molecular weight excluding hydrogens is 369 g/mol. The minimum Gasteiger partial charge on any atom is -0.373 e. The van der Waals surface area contributed by atoms with Gasteiger partial charge in [0.15, 0.2) is 0 Å². The number of aromatic nitrogens is 2. The monoisotopic (exact) mass is 384 g/mol. The molecule has 1 aromatic heterocycles. The van der Waals surface area contributed by atoms with Crippen molar-refractivity contribution in [3.05, 3.63) is 78.3 Å². The van der Waals surface area contributed by atoms with Crippen molar-refractivity contribution in [3.63, 3.8) is 0 Å². The summed E-state index contributed by atoms with van der Waals surface area (Å²) in [5.74, 6) is 0.255. The SMILES string of the molecule is NC1C=C(c2noc(-c3ccc(-c4ccccc4)c(C(F)(F)F)c3)n2)C=CN1. The van der Waals surface area contributed by atoms with Crippen LogP contribution in [0.3, 0.4) is 0 Å². The van der Waals surface area contributed by atoms with Crippen LogP contribution in [0.5, 0.6) is 0 Å². The lowest BCUT2D eigenvalue weighted by Crippen LogP contribution is -2.33. The van der Waals surface area contributed by atoms with Gasteiger partial charge >= 0.3 is 6.18 Å². The number of nitrogens with two attached hydrogens (primary N) is 1. The maximum absolute atomic E-state index is 13.7. The number of halogens is 3. The highest BCUT2D eigenvalue weighted by atomic mass is 19.4. The quantitative estimate of drug-likeness (QED) is 0.708. The minimum absolute atomic E-state index is 0.00140. The molecular formula is C20H15F3N4O. The van der Waals surface area contributed by atoms with Crippen molar-refractivity contribution in [1.82, 2.24) is 15.5 Å². The van der Waals surface area contributed by atoms with E-state index in [0.717, 1.165) is 6.07 Å². The zero-order valence-corrected chi connectivity index (χ0v) is 14.4. The summed E-state index contributed by atoms with van der Waals surface area (Å²) in [6.07, 6.45) is 0.110. The highest BCUT2D eigenvalue weighted by Crippen LogP contribution is 2.39. The van der Waals surface area contributed by atoms with Gasteiger partial charge < -0.3 is 15.6 Å². The Balaban J connectivity index is 1.75. The second-order valence-corrected chi connectivity index (χ2v) is 6.20. The van der Waals surface area contributed by atoms with Crippen molar-refractivity contribution < 1.29 is 17.7 Å². The molecule has 3 aromatic rings. The Morgan fingerprint density at radius 3 is 2.54 bits per heavy atom. The standard InChI is InChI=1S/C20H15F3N4O/c21-20(22,23)16-10-14(6-7-15(16)12-4-2-1-3-5-12)19-26-18(27-28-19)13-8-9-25-17(24)11-13/h1-11,17,25H,24H2. The molecule has 0 aliphatic carbocycles. The summed E-state index contributed by atoms with van der Waals surface area (Å²) in [6, 6.07) is 12.4. The number of hydrogen-bond acceptors (Lipinski definition) is 5. The number of hydrogen-bond donors (Lipinski definition) is 2. The van der Waals surface area contributed by atoms with E-state index in [1.807, 2.05) is 0 Å². The van der Waals surface area contributed by atoms with E-state index in [-0.39, 0.29) is 22.8 Å². The molecule has 0 amide bonds. The maximum atomic E-state index is 13.7. The van der Waals surface area contributed by atoms with Crippen molar-refractivity contribution >= 4 is 5.57 Å². The Hall–Kier alpha value is -3.39. The fraction of sp³-hybridized carbons (Fsp3) is 0.100. The molecule has 0 spiro atoms. The third-order valence-electron chi connectivity index (χ3n) is 4.25. The molecule has 1 aliphatic rings. The lowest BCUT2D eigenvalue weighted by molar-refractivity contribution is -0.137. The number of benzene rings is 2. The summed E-state index contributed by atoms with van der Waals surface area (Å²) in [5.41, 5.74) is 6.38. The smallest absolute Gasteiger partial charge is 0.373 e. The highest BCUT2D eigenvalue weighted by molar-refractivity contribution is 5.74. The van der Waals surface area contributed by atoms with Gasteiger partial charge in [-0.25, -0.2) is 0 Å². The molecule has 4 rings (SSSR count). The number of nitrogens with one attached hydrogen (secondary N) is 1. The van der Waals surface area contributed by atoms with Crippen LogP contribution in [0.2, 0.25) is 0 Å².